The fourth-order valence-corrected chi connectivity index (χ4v) is 1.77. The molecule has 0 aliphatic heterocycles. The Bertz CT molecular complexity index is 620. The highest BCUT2D eigenvalue weighted by Crippen LogP contribution is 2.28. The van der Waals surface area contributed by atoms with E-state index in [9.17, 15) is 4.79 Å². The maximum Gasteiger partial charge on any atom is 0.328 e. The Hall–Kier alpha value is -1.95. The molecule has 0 bridgehead atoms. The van der Waals surface area contributed by atoms with Crippen LogP contribution in [0.2, 0.25) is 0 Å². The lowest BCUT2D eigenvalue weighted by atomic mass is 10.1. The Morgan fingerprint density at radius 2 is 2.22 bits per heavy atom. The lowest BCUT2D eigenvalue weighted by Crippen LogP contribution is -1.85. The van der Waals surface area contributed by atoms with E-state index in [1.54, 1.807) is 0 Å². The van der Waals surface area contributed by atoms with Gasteiger partial charge < -0.3 is 9.52 Å². The van der Waals surface area contributed by atoms with Gasteiger partial charge in [-0.3, -0.25) is 0 Å². The molecular weight excluding hydrogens is 300 g/mol. The lowest BCUT2D eigenvalue weighted by molar-refractivity contribution is -0.131. The van der Waals surface area contributed by atoms with Crippen LogP contribution in [-0.4, -0.2) is 21.3 Å². The predicted molar refractivity (Wildman–Crippen MR) is 68.8 cm³/mol. The van der Waals surface area contributed by atoms with Gasteiger partial charge in [0, 0.05) is 16.6 Å². The second-order valence-corrected chi connectivity index (χ2v) is 4.45. The smallest absolute Gasteiger partial charge is 0.328 e. The van der Waals surface area contributed by atoms with Gasteiger partial charge in [0.05, 0.1) is 5.56 Å². The van der Waals surface area contributed by atoms with Crippen molar-refractivity contribution in [2.75, 3.05) is 0 Å². The van der Waals surface area contributed by atoms with Crippen LogP contribution in [0.25, 0.3) is 17.5 Å². The van der Waals surface area contributed by atoms with E-state index in [1.165, 1.54) is 6.08 Å². The van der Waals surface area contributed by atoms with Crippen LogP contribution < -0.4 is 0 Å². The Labute approximate surface area is 111 Å². The van der Waals surface area contributed by atoms with Crippen LogP contribution in [0, 0.1) is 6.92 Å². The summed E-state index contributed by atoms with van der Waals surface area (Å²) in [4.78, 5) is 10.4. The summed E-state index contributed by atoms with van der Waals surface area (Å²) < 4.78 is 6.19. The molecule has 0 atom stereocenters. The molecule has 18 heavy (non-hydrogen) atoms. The first-order chi connectivity index (χ1) is 8.56. The number of hydrogen-bond acceptors (Lipinski definition) is 4. The summed E-state index contributed by atoms with van der Waals surface area (Å²) in [5, 5.41) is 16.1. The zero-order valence-corrected chi connectivity index (χ0v) is 11.0. The van der Waals surface area contributed by atoms with Gasteiger partial charge in [-0.15, -0.1) is 10.2 Å². The van der Waals surface area contributed by atoms with Gasteiger partial charge in [0.25, 0.3) is 0 Å². The van der Waals surface area contributed by atoms with Crippen molar-refractivity contribution in [2.24, 2.45) is 0 Å². The van der Waals surface area contributed by atoms with E-state index in [2.05, 4.69) is 26.1 Å². The molecule has 2 aromatic rings. The van der Waals surface area contributed by atoms with E-state index in [0.717, 1.165) is 21.7 Å². The highest BCUT2D eigenvalue weighted by Gasteiger charge is 2.10. The summed E-state index contributed by atoms with van der Waals surface area (Å²) >= 11 is 3.40. The maximum absolute atomic E-state index is 10.4. The summed E-state index contributed by atoms with van der Waals surface area (Å²) in [5.41, 5.74) is 1.84. The average molecular weight is 309 g/mol. The van der Waals surface area contributed by atoms with Gasteiger partial charge in [0.2, 0.25) is 11.8 Å². The van der Waals surface area contributed by atoms with Crippen molar-refractivity contribution in [1.29, 1.82) is 0 Å². The Kier molecular flexibility index (Phi) is 3.57. The quantitative estimate of drug-likeness (QED) is 0.882. The van der Waals surface area contributed by atoms with Crippen LogP contribution in [0.3, 0.4) is 0 Å². The van der Waals surface area contributed by atoms with E-state index in [0.29, 0.717) is 5.89 Å². The third kappa shape index (κ3) is 2.84. The van der Waals surface area contributed by atoms with Gasteiger partial charge in [-0.1, -0.05) is 11.6 Å². The highest BCUT2D eigenvalue weighted by atomic mass is 79.9. The van der Waals surface area contributed by atoms with Crippen molar-refractivity contribution < 1.29 is 14.3 Å². The van der Waals surface area contributed by atoms with E-state index in [-0.39, 0.29) is 5.89 Å². The third-order valence-corrected chi connectivity index (χ3v) is 2.85. The molecular formula is C12H9BrN2O3. The predicted octanol–water partition coefficient (Wildman–Crippen LogP) is 2.91. The number of rotatable bonds is 3. The molecule has 0 unspecified atom stereocenters. The Morgan fingerprint density at radius 1 is 1.44 bits per heavy atom. The first-order valence-electron chi connectivity index (χ1n) is 5.07. The summed E-state index contributed by atoms with van der Waals surface area (Å²) in [6.45, 7) is 1.96. The van der Waals surface area contributed by atoms with Crippen molar-refractivity contribution in [1.82, 2.24) is 10.2 Å². The van der Waals surface area contributed by atoms with Gasteiger partial charge in [-0.2, -0.15) is 0 Å². The highest BCUT2D eigenvalue weighted by molar-refractivity contribution is 9.10. The molecule has 2 rings (SSSR count). The molecule has 0 amide bonds. The lowest BCUT2D eigenvalue weighted by Gasteiger charge is -2.00. The first kappa shape index (κ1) is 12.5. The van der Waals surface area contributed by atoms with Crippen molar-refractivity contribution in [3.63, 3.8) is 0 Å². The number of benzene rings is 1. The first-order valence-corrected chi connectivity index (χ1v) is 5.86. The van der Waals surface area contributed by atoms with Gasteiger partial charge in [-0.25, -0.2) is 4.79 Å². The number of hydrogen-bond donors (Lipinski definition) is 1. The number of carbonyl (C=O) groups is 1. The largest absolute Gasteiger partial charge is 0.478 e. The van der Waals surface area contributed by atoms with Gasteiger partial charge in [-0.05, 0) is 35.0 Å². The standard InChI is InChI=1S/C12H9BrN2O3/c1-7-2-3-9(13)8(6-7)12-15-14-10(18-12)4-5-11(16)17/h2-6H,1H3,(H,16,17)/b5-4+. The molecule has 1 N–H and O–H groups in total. The Balaban J connectivity index is 2.35. The maximum atomic E-state index is 10.4. The molecule has 0 radical (unpaired) electrons. The van der Waals surface area contributed by atoms with Gasteiger partial charge in [0.15, 0.2) is 0 Å². The summed E-state index contributed by atoms with van der Waals surface area (Å²) in [6, 6.07) is 5.75. The minimum Gasteiger partial charge on any atom is -0.478 e. The average Bonchev–Trinajstić information content (AvgIpc) is 2.78. The van der Waals surface area contributed by atoms with E-state index >= 15 is 0 Å². The normalized spacial score (nSPS) is 11.0. The summed E-state index contributed by atoms with van der Waals surface area (Å²) in [5.74, 6) is -0.567. The molecule has 0 aliphatic carbocycles. The SMILES string of the molecule is Cc1ccc(Br)c(-c2nnc(/C=C/C(=O)O)o2)c1. The molecule has 0 saturated heterocycles. The summed E-state index contributed by atoms with van der Waals surface area (Å²) in [6.07, 6.45) is 2.20. The van der Waals surface area contributed by atoms with Crippen LogP contribution in [0.15, 0.2) is 33.2 Å². The molecule has 6 heteroatoms. The Morgan fingerprint density at radius 3 is 2.94 bits per heavy atom. The molecule has 1 aromatic carbocycles. The number of nitrogens with zero attached hydrogens (tertiary/aromatic N) is 2. The molecule has 1 aromatic heterocycles. The second kappa shape index (κ2) is 5.14. The number of carboxylic acids is 1. The third-order valence-electron chi connectivity index (χ3n) is 2.16. The van der Waals surface area contributed by atoms with Crippen LogP contribution in [0.1, 0.15) is 11.5 Å². The van der Waals surface area contributed by atoms with Gasteiger partial charge >= 0.3 is 5.97 Å². The number of halogens is 1. The number of aliphatic carboxylic acids is 1. The fourth-order valence-electron chi connectivity index (χ4n) is 1.36. The molecule has 0 saturated carbocycles. The van der Waals surface area contributed by atoms with Crippen LogP contribution in [0.5, 0.6) is 0 Å². The number of aromatic nitrogens is 2. The zero-order chi connectivity index (χ0) is 13.1. The summed E-state index contributed by atoms with van der Waals surface area (Å²) in [7, 11) is 0. The van der Waals surface area contributed by atoms with Crippen LogP contribution >= 0.6 is 15.9 Å². The molecule has 0 spiro atoms. The van der Waals surface area contributed by atoms with Crippen molar-refractivity contribution >= 4 is 28.0 Å². The zero-order valence-electron chi connectivity index (χ0n) is 9.42. The fraction of sp³-hybridized carbons (Fsp3) is 0.0833. The second-order valence-electron chi connectivity index (χ2n) is 3.60. The molecule has 1 heterocycles. The van der Waals surface area contributed by atoms with E-state index in [4.69, 9.17) is 9.52 Å². The minimum absolute atomic E-state index is 0.154. The van der Waals surface area contributed by atoms with Crippen molar-refractivity contribution in [3.05, 3.63) is 40.2 Å². The molecule has 0 aliphatic rings. The minimum atomic E-state index is -1.06. The molecule has 5 nitrogen and oxygen atoms in total. The van der Waals surface area contributed by atoms with Crippen molar-refractivity contribution in [2.45, 2.75) is 6.92 Å². The monoisotopic (exact) mass is 308 g/mol. The number of carboxylic acid groups (broad SMARTS) is 1. The molecule has 92 valence electrons. The van der Waals surface area contributed by atoms with E-state index in [1.807, 2.05) is 25.1 Å². The topological polar surface area (TPSA) is 76.2 Å². The number of aryl methyl sites for hydroxylation is 1. The van der Waals surface area contributed by atoms with Gasteiger partial charge in [0.1, 0.15) is 0 Å². The van der Waals surface area contributed by atoms with Crippen LogP contribution in [0.4, 0.5) is 0 Å². The van der Waals surface area contributed by atoms with E-state index < -0.39 is 5.97 Å². The molecule has 0 fully saturated rings. The van der Waals surface area contributed by atoms with Crippen molar-refractivity contribution in [3.8, 4) is 11.5 Å². The van der Waals surface area contributed by atoms with Crippen LogP contribution in [-0.2, 0) is 4.79 Å².